The van der Waals surface area contributed by atoms with Crippen molar-refractivity contribution in [3.63, 3.8) is 0 Å². The van der Waals surface area contributed by atoms with E-state index in [0.29, 0.717) is 11.8 Å². The van der Waals surface area contributed by atoms with Gasteiger partial charge in [-0.15, -0.1) is 0 Å². The molecule has 1 N–H and O–H groups in total. The highest BCUT2D eigenvalue weighted by atomic mass is 32.2. The molecule has 2 heterocycles. The summed E-state index contributed by atoms with van der Waals surface area (Å²) in [7, 11) is 0. The fourth-order valence-electron chi connectivity index (χ4n) is 4.06. The van der Waals surface area contributed by atoms with Crippen LogP contribution in [-0.4, -0.2) is 48.5 Å². The van der Waals surface area contributed by atoms with E-state index in [2.05, 4.69) is 5.32 Å². The molecular formula is C20H24F2N2O4S. The number of carbonyl (C=O) groups excluding carboxylic acids is 2. The van der Waals surface area contributed by atoms with E-state index in [1.165, 1.54) is 17.0 Å². The SMILES string of the molecule is CC(C)(C)OC(=O)NC[C@H]1CN(c2cc(F)c([C@H]3[C@@H]4CSC[C@@H]43)c(F)c2)C(=O)O1. The van der Waals surface area contributed by atoms with Crippen LogP contribution in [0.15, 0.2) is 12.1 Å². The summed E-state index contributed by atoms with van der Waals surface area (Å²) in [6.07, 6.45) is -1.96. The number of fused-ring (bicyclic) bond motifs is 1. The molecule has 2 aliphatic heterocycles. The summed E-state index contributed by atoms with van der Waals surface area (Å²) < 4.78 is 39.7. The predicted molar refractivity (Wildman–Crippen MR) is 105 cm³/mol. The van der Waals surface area contributed by atoms with E-state index in [0.717, 1.165) is 11.5 Å². The number of rotatable bonds is 4. The van der Waals surface area contributed by atoms with E-state index < -0.39 is 35.5 Å². The molecule has 0 bridgehead atoms. The van der Waals surface area contributed by atoms with Crippen LogP contribution in [0.3, 0.4) is 0 Å². The van der Waals surface area contributed by atoms with E-state index in [-0.39, 0.29) is 30.3 Å². The molecule has 0 spiro atoms. The first-order valence-electron chi connectivity index (χ1n) is 9.66. The third kappa shape index (κ3) is 4.15. The summed E-state index contributed by atoms with van der Waals surface area (Å²) in [5.41, 5.74) is -0.383. The summed E-state index contributed by atoms with van der Waals surface area (Å²) in [5.74, 6) is 1.31. The quantitative estimate of drug-likeness (QED) is 0.791. The molecule has 2 amide bonds. The van der Waals surface area contributed by atoms with Crippen molar-refractivity contribution in [3.8, 4) is 0 Å². The Morgan fingerprint density at radius 2 is 1.90 bits per heavy atom. The smallest absolute Gasteiger partial charge is 0.414 e. The Bertz CT molecular complexity index is 811. The maximum absolute atomic E-state index is 14.7. The van der Waals surface area contributed by atoms with Crippen molar-refractivity contribution in [2.75, 3.05) is 29.5 Å². The molecule has 4 rings (SSSR count). The van der Waals surface area contributed by atoms with Gasteiger partial charge in [-0.2, -0.15) is 11.8 Å². The number of nitrogens with one attached hydrogen (secondary N) is 1. The fraction of sp³-hybridized carbons (Fsp3) is 0.600. The number of ether oxygens (including phenoxy) is 2. The minimum atomic E-state index is -0.702. The Morgan fingerprint density at radius 1 is 1.28 bits per heavy atom. The summed E-state index contributed by atoms with van der Waals surface area (Å²) >= 11 is 1.82. The number of anilines is 1. The fourth-order valence-corrected chi connectivity index (χ4v) is 5.65. The number of amides is 2. The zero-order valence-electron chi connectivity index (χ0n) is 16.5. The van der Waals surface area contributed by atoms with Crippen molar-refractivity contribution in [1.29, 1.82) is 0 Å². The van der Waals surface area contributed by atoms with E-state index in [9.17, 15) is 18.4 Å². The molecule has 0 aromatic heterocycles. The first-order valence-corrected chi connectivity index (χ1v) is 10.8. The minimum absolute atomic E-state index is 0.0449. The lowest BCUT2D eigenvalue weighted by Gasteiger charge is -2.20. The van der Waals surface area contributed by atoms with Crippen LogP contribution in [0.5, 0.6) is 0 Å². The summed E-state index contributed by atoms with van der Waals surface area (Å²) in [6, 6.07) is 2.40. The predicted octanol–water partition coefficient (Wildman–Crippen LogP) is 3.89. The molecule has 0 radical (unpaired) electrons. The van der Waals surface area contributed by atoms with Crippen LogP contribution in [0, 0.1) is 23.5 Å². The molecule has 3 fully saturated rings. The lowest BCUT2D eigenvalue weighted by atomic mass is 10.1. The first-order chi connectivity index (χ1) is 13.6. The van der Waals surface area contributed by atoms with Crippen molar-refractivity contribution in [1.82, 2.24) is 5.32 Å². The van der Waals surface area contributed by atoms with E-state index in [1.54, 1.807) is 20.8 Å². The topological polar surface area (TPSA) is 67.9 Å². The number of halogens is 2. The van der Waals surface area contributed by atoms with Gasteiger partial charge in [-0.1, -0.05) is 0 Å². The molecule has 4 atom stereocenters. The minimum Gasteiger partial charge on any atom is -0.444 e. The monoisotopic (exact) mass is 426 g/mol. The van der Waals surface area contributed by atoms with Crippen LogP contribution in [-0.2, 0) is 9.47 Å². The van der Waals surface area contributed by atoms with Crippen LogP contribution in [0.1, 0.15) is 32.3 Å². The van der Waals surface area contributed by atoms with Crippen molar-refractivity contribution >= 4 is 29.6 Å². The van der Waals surface area contributed by atoms with Crippen LogP contribution < -0.4 is 10.2 Å². The van der Waals surface area contributed by atoms with Crippen molar-refractivity contribution in [2.45, 2.75) is 38.4 Å². The van der Waals surface area contributed by atoms with Gasteiger partial charge in [0, 0.05) is 5.56 Å². The molecule has 158 valence electrons. The van der Waals surface area contributed by atoms with Crippen LogP contribution in [0.25, 0.3) is 0 Å². The van der Waals surface area contributed by atoms with Gasteiger partial charge in [-0.3, -0.25) is 4.90 Å². The number of cyclic esters (lactones) is 1. The highest BCUT2D eigenvalue weighted by Gasteiger charge is 2.55. The second-order valence-electron chi connectivity index (χ2n) is 8.71. The maximum atomic E-state index is 14.7. The van der Waals surface area contributed by atoms with Gasteiger partial charge in [0.25, 0.3) is 0 Å². The zero-order valence-corrected chi connectivity index (χ0v) is 17.4. The molecule has 1 aromatic rings. The average molecular weight is 426 g/mol. The largest absolute Gasteiger partial charge is 0.444 e. The van der Waals surface area contributed by atoms with Gasteiger partial charge in [-0.25, -0.2) is 18.4 Å². The van der Waals surface area contributed by atoms with Crippen LogP contribution in [0.2, 0.25) is 0 Å². The molecular weight excluding hydrogens is 402 g/mol. The number of carbonyl (C=O) groups is 2. The standard InChI is InChI=1S/C20H24F2N2O4S/c1-20(2,3)28-18(25)23-6-11-7-24(19(26)27-11)10-4-14(21)17(15(22)5-10)16-12-8-29-9-13(12)16/h4-5,11-13,16H,6-9H2,1-3H3,(H,23,25)/t11-,12-,13+,16+/m0/s1. The number of hydrogen-bond donors (Lipinski definition) is 1. The summed E-state index contributed by atoms with van der Waals surface area (Å²) in [5, 5.41) is 2.54. The highest BCUT2D eigenvalue weighted by molar-refractivity contribution is 7.99. The van der Waals surface area contributed by atoms with Crippen LogP contribution >= 0.6 is 11.8 Å². The first kappa shape index (κ1) is 20.3. The second-order valence-corrected chi connectivity index (χ2v) is 9.79. The maximum Gasteiger partial charge on any atom is 0.414 e. The lowest BCUT2D eigenvalue weighted by molar-refractivity contribution is 0.0496. The third-order valence-electron chi connectivity index (χ3n) is 5.41. The zero-order chi connectivity index (χ0) is 20.9. The average Bonchev–Trinajstić information content (AvgIpc) is 2.95. The molecule has 2 saturated heterocycles. The van der Waals surface area contributed by atoms with Gasteiger partial charge in [0.2, 0.25) is 0 Å². The van der Waals surface area contributed by atoms with E-state index >= 15 is 0 Å². The van der Waals surface area contributed by atoms with E-state index in [1.807, 2.05) is 11.8 Å². The van der Waals surface area contributed by atoms with Crippen molar-refractivity contribution in [3.05, 3.63) is 29.3 Å². The Kier molecular flexibility index (Phi) is 5.13. The van der Waals surface area contributed by atoms with Crippen LogP contribution in [0.4, 0.5) is 24.1 Å². The van der Waals surface area contributed by atoms with Crippen molar-refractivity contribution < 1.29 is 27.8 Å². The number of benzene rings is 1. The van der Waals surface area contributed by atoms with Gasteiger partial charge in [0.15, 0.2) is 0 Å². The summed E-state index contributed by atoms with van der Waals surface area (Å²) in [4.78, 5) is 25.1. The molecule has 1 aromatic carbocycles. The van der Waals surface area contributed by atoms with Gasteiger partial charge in [-0.05, 0) is 62.2 Å². The Morgan fingerprint density at radius 3 is 2.48 bits per heavy atom. The van der Waals surface area contributed by atoms with Gasteiger partial charge in [0.05, 0.1) is 18.8 Å². The second kappa shape index (κ2) is 7.34. The number of alkyl carbamates (subject to hydrolysis) is 1. The normalized spacial score (nSPS) is 28.2. The van der Waals surface area contributed by atoms with Crippen molar-refractivity contribution in [2.24, 2.45) is 11.8 Å². The number of thioether (sulfide) groups is 1. The highest BCUT2D eigenvalue weighted by Crippen LogP contribution is 2.62. The van der Waals surface area contributed by atoms with Gasteiger partial charge < -0.3 is 14.8 Å². The van der Waals surface area contributed by atoms with Gasteiger partial charge >= 0.3 is 12.2 Å². The molecule has 29 heavy (non-hydrogen) atoms. The van der Waals surface area contributed by atoms with E-state index in [4.69, 9.17) is 9.47 Å². The number of nitrogens with zero attached hydrogens (tertiary/aromatic N) is 1. The number of hydrogen-bond acceptors (Lipinski definition) is 5. The molecule has 1 aliphatic carbocycles. The Hall–Kier alpha value is -2.03. The summed E-state index contributed by atoms with van der Waals surface area (Å²) in [6.45, 7) is 5.35. The molecule has 6 nitrogen and oxygen atoms in total. The lowest BCUT2D eigenvalue weighted by Crippen LogP contribution is -2.38. The third-order valence-corrected chi connectivity index (χ3v) is 6.65. The van der Waals surface area contributed by atoms with Gasteiger partial charge in [0.1, 0.15) is 23.3 Å². The molecule has 1 saturated carbocycles. The molecule has 3 aliphatic rings. The Labute approximate surface area is 172 Å². The molecule has 9 heteroatoms. The molecule has 0 unspecified atom stereocenters. The Balaban J connectivity index is 1.40.